The van der Waals surface area contributed by atoms with E-state index in [0.29, 0.717) is 5.02 Å². The molecule has 3 nitrogen and oxygen atoms in total. The predicted molar refractivity (Wildman–Crippen MR) is 98.7 cm³/mol. The van der Waals surface area contributed by atoms with E-state index in [4.69, 9.17) is 16.3 Å². The summed E-state index contributed by atoms with van der Waals surface area (Å²) in [7, 11) is 0. The van der Waals surface area contributed by atoms with Gasteiger partial charge in [-0.2, -0.15) is 0 Å². The summed E-state index contributed by atoms with van der Waals surface area (Å²) in [6.07, 6.45) is 5.10. The summed E-state index contributed by atoms with van der Waals surface area (Å²) >= 11 is 9.92. The zero-order valence-electron chi connectivity index (χ0n) is 13.0. The first kappa shape index (κ1) is 17.1. The SMILES string of the molecule is O=C(OCc1ccccc1)N1C=CCC[C@@H]1c1c(Cl)cccc1Br. The number of benzene rings is 2. The average Bonchev–Trinajstić information content (AvgIpc) is 2.61. The van der Waals surface area contributed by atoms with Gasteiger partial charge in [0.05, 0.1) is 6.04 Å². The highest BCUT2D eigenvalue weighted by Gasteiger charge is 2.29. The Balaban J connectivity index is 1.78. The summed E-state index contributed by atoms with van der Waals surface area (Å²) in [4.78, 5) is 14.2. The fourth-order valence-electron chi connectivity index (χ4n) is 2.78. The lowest BCUT2D eigenvalue weighted by Crippen LogP contribution is -2.33. The number of amides is 1. The minimum Gasteiger partial charge on any atom is -0.444 e. The molecule has 1 amide bonds. The molecule has 1 aliphatic rings. The molecule has 0 aliphatic carbocycles. The van der Waals surface area contributed by atoms with E-state index in [1.54, 1.807) is 11.1 Å². The highest BCUT2D eigenvalue weighted by Crippen LogP contribution is 2.38. The van der Waals surface area contributed by atoms with Crippen molar-refractivity contribution >= 4 is 33.6 Å². The lowest BCUT2D eigenvalue weighted by atomic mass is 9.98. The van der Waals surface area contributed by atoms with Crippen LogP contribution in [0.4, 0.5) is 4.79 Å². The first-order chi connectivity index (χ1) is 11.7. The monoisotopic (exact) mass is 405 g/mol. The third-order valence-electron chi connectivity index (χ3n) is 3.96. The number of halogens is 2. The van der Waals surface area contributed by atoms with Crippen LogP contribution in [0.5, 0.6) is 0 Å². The van der Waals surface area contributed by atoms with E-state index in [0.717, 1.165) is 28.4 Å². The van der Waals surface area contributed by atoms with Crippen LogP contribution in [0.2, 0.25) is 5.02 Å². The molecular formula is C19H17BrClNO2. The smallest absolute Gasteiger partial charge is 0.414 e. The van der Waals surface area contributed by atoms with E-state index in [1.165, 1.54) is 0 Å². The maximum atomic E-state index is 12.6. The lowest BCUT2D eigenvalue weighted by molar-refractivity contribution is 0.0948. The highest BCUT2D eigenvalue weighted by atomic mass is 79.9. The molecule has 1 heterocycles. The fraction of sp³-hybridized carbons (Fsp3) is 0.211. The van der Waals surface area contributed by atoms with Crippen molar-refractivity contribution < 1.29 is 9.53 Å². The summed E-state index contributed by atoms with van der Waals surface area (Å²) in [5.41, 5.74) is 1.88. The van der Waals surface area contributed by atoms with Crippen LogP contribution in [0.15, 0.2) is 65.3 Å². The number of nitrogens with zero attached hydrogens (tertiary/aromatic N) is 1. The molecule has 0 aromatic heterocycles. The summed E-state index contributed by atoms with van der Waals surface area (Å²) in [5.74, 6) is 0. The number of hydrogen-bond donors (Lipinski definition) is 0. The predicted octanol–water partition coefficient (Wildman–Crippen LogP) is 6.09. The lowest BCUT2D eigenvalue weighted by Gasteiger charge is -2.32. The van der Waals surface area contributed by atoms with Crippen molar-refractivity contribution in [1.29, 1.82) is 0 Å². The second-order valence-electron chi connectivity index (χ2n) is 5.56. The van der Waals surface area contributed by atoms with Gasteiger partial charge in [-0.25, -0.2) is 4.79 Å². The molecule has 0 unspecified atom stereocenters. The van der Waals surface area contributed by atoms with Crippen molar-refractivity contribution in [1.82, 2.24) is 4.90 Å². The number of rotatable bonds is 3. The summed E-state index contributed by atoms with van der Waals surface area (Å²) in [6, 6.07) is 15.2. The maximum absolute atomic E-state index is 12.6. The Bertz CT molecular complexity index is 728. The number of hydrogen-bond acceptors (Lipinski definition) is 2. The van der Waals surface area contributed by atoms with E-state index in [-0.39, 0.29) is 18.7 Å². The molecule has 24 heavy (non-hydrogen) atoms. The van der Waals surface area contributed by atoms with E-state index in [9.17, 15) is 4.79 Å². The van der Waals surface area contributed by atoms with Crippen LogP contribution < -0.4 is 0 Å². The van der Waals surface area contributed by atoms with Crippen LogP contribution in [0.25, 0.3) is 0 Å². The second kappa shape index (κ2) is 7.86. The number of allylic oxidation sites excluding steroid dienone is 1. The third-order valence-corrected chi connectivity index (χ3v) is 4.98. The zero-order chi connectivity index (χ0) is 16.9. The molecule has 0 N–H and O–H groups in total. The topological polar surface area (TPSA) is 29.5 Å². The summed E-state index contributed by atoms with van der Waals surface area (Å²) in [5, 5.41) is 0.644. The minimum absolute atomic E-state index is 0.138. The van der Waals surface area contributed by atoms with Crippen molar-refractivity contribution in [2.45, 2.75) is 25.5 Å². The van der Waals surface area contributed by atoms with Gasteiger partial charge in [-0.05, 0) is 30.5 Å². The molecule has 2 aromatic carbocycles. The summed E-state index contributed by atoms with van der Waals surface area (Å²) in [6.45, 7) is 0.250. The van der Waals surface area contributed by atoms with Crippen molar-refractivity contribution in [3.63, 3.8) is 0 Å². The van der Waals surface area contributed by atoms with Gasteiger partial charge in [-0.15, -0.1) is 0 Å². The number of carbonyl (C=O) groups is 1. The average molecular weight is 407 g/mol. The normalized spacial score (nSPS) is 16.9. The van der Waals surface area contributed by atoms with Crippen LogP contribution in [0.1, 0.15) is 30.0 Å². The van der Waals surface area contributed by atoms with Gasteiger partial charge >= 0.3 is 6.09 Å². The van der Waals surface area contributed by atoms with Gasteiger partial charge in [0.15, 0.2) is 0 Å². The Kier molecular flexibility index (Phi) is 5.59. The van der Waals surface area contributed by atoms with Gasteiger partial charge in [0.1, 0.15) is 6.61 Å². The van der Waals surface area contributed by atoms with E-state index in [2.05, 4.69) is 15.9 Å². The standard InChI is InChI=1S/C19H17BrClNO2/c20-15-9-6-10-16(21)18(15)17-11-4-5-12-22(17)19(23)24-13-14-7-2-1-3-8-14/h1-3,5-10,12,17H,4,11,13H2/t17-/m1/s1. The Morgan fingerprint density at radius 1 is 1.21 bits per heavy atom. The van der Waals surface area contributed by atoms with Crippen LogP contribution in [-0.2, 0) is 11.3 Å². The highest BCUT2D eigenvalue weighted by molar-refractivity contribution is 9.10. The van der Waals surface area contributed by atoms with E-state index in [1.807, 2.05) is 54.6 Å². The van der Waals surface area contributed by atoms with Crippen LogP contribution in [-0.4, -0.2) is 11.0 Å². The van der Waals surface area contributed by atoms with Gasteiger partial charge in [-0.3, -0.25) is 4.90 Å². The Morgan fingerprint density at radius 2 is 2.00 bits per heavy atom. The molecular weight excluding hydrogens is 390 g/mol. The van der Waals surface area contributed by atoms with Gasteiger partial charge in [0.2, 0.25) is 0 Å². The van der Waals surface area contributed by atoms with Gasteiger partial charge < -0.3 is 4.74 Å². The molecule has 2 aromatic rings. The molecule has 1 atom stereocenters. The Hall–Kier alpha value is -1.78. The summed E-state index contributed by atoms with van der Waals surface area (Å²) < 4.78 is 6.38. The molecule has 0 saturated heterocycles. The minimum atomic E-state index is -0.369. The third kappa shape index (κ3) is 3.82. The van der Waals surface area contributed by atoms with Crippen molar-refractivity contribution in [3.8, 4) is 0 Å². The van der Waals surface area contributed by atoms with Crippen molar-refractivity contribution in [2.24, 2.45) is 0 Å². The molecule has 0 radical (unpaired) electrons. The fourth-order valence-corrected chi connectivity index (χ4v) is 3.82. The van der Waals surface area contributed by atoms with Gasteiger partial charge in [0.25, 0.3) is 0 Å². The molecule has 0 saturated carbocycles. The van der Waals surface area contributed by atoms with Crippen LogP contribution >= 0.6 is 27.5 Å². The largest absolute Gasteiger partial charge is 0.444 e. The Labute approximate surface area is 155 Å². The molecule has 0 bridgehead atoms. The van der Waals surface area contributed by atoms with Crippen LogP contribution in [0.3, 0.4) is 0 Å². The van der Waals surface area contributed by atoms with Gasteiger partial charge in [0, 0.05) is 21.3 Å². The quantitative estimate of drug-likeness (QED) is 0.617. The van der Waals surface area contributed by atoms with E-state index >= 15 is 0 Å². The number of ether oxygens (including phenoxy) is 1. The molecule has 124 valence electrons. The van der Waals surface area contributed by atoms with Crippen molar-refractivity contribution in [3.05, 3.63) is 81.4 Å². The van der Waals surface area contributed by atoms with Gasteiger partial charge in [-0.1, -0.05) is 70.0 Å². The molecule has 1 aliphatic heterocycles. The number of carbonyl (C=O) groups excluding carboxylic acids is 1. The second-order valence-corrected chi connectivity index (χ2v) is 6.82. The molecule has 3 rings (SSSR count). The van der Waals surface area contributed by atoms with Crippen molar-refractivity contribution in [2.75, 3.05) is 0 Å². The molecule has 5 heteroatoms. The maximum Gasteiger partial charge on any atom is 0.414 e. The molecule has 0 spiro atoms. The first-order valence-electron chi connectivity index (χ1n) is 7.76. The van der Waals surface area contributed by atoms with Crippen LogP contribution in [0, 0.1) is 0 Å². The zero-order valence-corrected chi connectivity index (χ0v) is 15.3. The molecule has 0 fully saturated rings. The first-order valence-corrected chi connectivity index (χ1v) is 8.93. The van der Waals surface area contributed by atoms with E-state index < -0.39 is 0 Å². The Morgan fingerprint density at radius 3 is 2.75 bits per heavy atom.